The number of nitrogens with one attached hydrogen (secondary N) is 1. The van der Waals surface area contributed by atoms with Crippen molar-refractivity contribution in [2.45, 2.75) is 25.3 Å². The summed E-state index contributed by atoms with van der Waals surface area (Å²) in [5.74, 6) is -0.0687. The second-order valence-electron chi connectivity index (χ2n) is 8.92. The van der Waals surface area contributed by atoms with Crippen LogP contribution in [0.4, 0.5) is 0 Å². The Morgan fingerprint density at radius 2 is 1.66 bits per heavy atom. The molecule has 2 aromatic carbocycles. The SMILES string of the molecule is CN1CCN(CC(NC(=O)c2nn(-c3ccccc3)c3c2CCC3)c2ccccc2)CC1. The Hall–Kier alpha value is -2.96. The molecule has 6 heteroatoms. The van der Waals surface area contributed by atoms with Crippen LogP contribution >= 0.6 is 0 Å². The van der Waals surface area contributed by atoms with Crippen molar-refractivity contribution in [3.05, 3.63) is 83.2 Å². The molecule has 2 aliphatic rings. The monoisotopic (exact) mass is 429 g/mol. The van der Waals surface area contributed by atoms with Crippen LogP contribution in [0.15, 0.2) is 60.7 Å². The first-order chi connectivity index (χ1) is 15.7. The first kappa shape index (κ1) is 20.9. The van der Waals surface area contributed by atoms with Crippen molar-refractivity contribution < 1.29 is 4.79 Å². The number of aromatic nitrogens is 2. The van der Waals surface area contributed by atoms with Gasteiger partial charge in [-0.2, -0.15) is 5.10 Å². The van der Waals surface area contributed by atoms with Crippen LogP contribution < -0.4 is 5.32 Å². The van der Waals surface area contributed by atoms with Crippen molar-refractivity contribution in [3.63, 3.8) is 0 Å². The zero-order valence-electron chi connectivity index (χ0n) is 18.7. The summed E-state index contributed by atoms with van der Waals surface area (Å²) in [4.78, 5) is 18.3. The molecule has 1 saturated heterocycles. The predicted molar refractivity (Wildman–Crippen MR) is 126 cm³/mol. The second kappa shape index (κ2) is 9.27. The molecule has 1 aromatic heterocycles. The summed E-state index contributed by atoms with van der Waals surface area (Å²) in [7, 11) is 2.16. The number of nitrogens with zero attached hydrogens (tertiary/aromatic N) is 4. The lowest BCUT2D eigenvalue weighted by Gasteiger charge is -2.35. The molecule has 1 N–H and O–H groups in total. The van der Waals surface area contributed by atoms with Gasteiger partial charge in [0.2, 0.25) is 0 Å². The molecule has 1 unspecified atom stereocenters. The number of rotatable bonds is 6. The lowest BCUT2D eigenvalue weighted by atomic mass is 10.1. The number of hydrogen-bond donors (Lipinski definition) is 1. The molecule has 3 aromatic rings. The van der Waals surface area contributed by atoms with Gasteiger partial charge in [0.05, 0.1) is 11.7 Å². The summed E-state index contributed by atoms with van der Waals surface area (Å²) >= 11 is 0. The Kier molecular flexibility index (Phi) is 6.06. The van der Waals surface area contributed by atoms with Crippen LogP contribution in [0, 0.1) is 0 Å². The third-order valence-corrected chi connectivity index (χ3v) is 6.69. The average Bonchev–Trinajstić information content (AvgIpc) is 3.44. The lowest BCUT2D eigenvalue weighted by Crippen LogP contribution is -2.48. The van der Waals surface area contributed by atoms with Crippen molar-refractivity contribution in [1.29, 1.82) is 0 Å². The number of carbonyl (C=O) groups is 1. The fourth-order valence-corrected chi connectivity index (χ4v) is 4.84. The van der Waals surface area contributed by atoms with E-state index >= 15 is 0 Å². The summed E-state index contributed by atoms with van der Waals surface area (Å²) in [6.07, 6.45) is 2.96. The van der Waals surface area contributed by atoms with Gasteiger partial charge in [-0.15, -0.1) is 0 Å². The summed E-state index contributed by atoms with van der Waals surface area (Å²) in [5.41, 5.74) is 5.02. The molecule has 5 rings (SSSR count). The molecule has 1 aliphatic heterocycles. The highest BCUT2D eigenvalue weighted by atomic mass is 16.2. The van der Waals surface area contributed by atoms with Crippen LogP contribution in [0.1, 0.15) is 39.8 Å². The van der Waals surface area contributed by atoms with E-state index in [1.807, 2.05) is 53.2 Å². The van der Waals surface area contributed by atoms with Gasteiger partial charge in [0.1, 0.15) is 0 Å². The van der Waals surface area contributed by atoms with Gasteiger partial charge < -0.3 is 10.2 Å². The van der Waals surface area contributed by atoms with E-state index in [0.717, 1.165) is 68.8 Å². The van der Waals surface area contributed by atoms with Crippen molar-refractivity contribution >= 4 is 5.91 Å². The topological polar surface area (TPSA) is 53.4 Å². The van der Waals surface area contributed by atoms with E-state index in [9.17, 15) is 4.79 Å². The Balaban J connectivity index is 1.40. The molecule has 166 valence electrons. The standard InChI is InChI=1S/C26H31N5O/c1-29-15-17-30(18-16-29)19-23(20-9-4-2-5-10-20)27-26(32)25-22-13-8-14-24(22)31(28-25)21-11-6-3-7-12-21/h2-7,9-12,23H,8,13-19H2,1H3,(H,27,32). The molecule has 0 bridgehead atoms. The summed E-state index contributed by atoms with van der Waals surface area (Å²) in [6, 6.07) is 20.4. The Bertz CT molecular complexity index is 1050. The first-order valence-corrected chi connectivity index (χ1v) is 11.6. The summed E-state index contributed by atoms with van der Waals surface area (Å²) in [6.45, 7) is 4.97. The van der Waals surface area contributed by atoms with Crippen molar-refractivity contribution in [2.75, 3.05) is 39.8 Å². The fraction of sp³-hybridized carbons (Fsp3) is 0.385. The number of hydrogen-bond acceptors (Lipinski definition) is 4. The molecule has 1 fully saturated rings. The highest BCUT2D eigenvalue weighted by molar-refractivity contribution is 5.94. The van der Waals surface area contributed by atoms with Gasteiger partial charge in [-0.1, -0.05) is 48.5 Å². The van der Waals surface area contributed by atoms with Crippen LogP contribution in [-0.4, -0.2) is 65.3 Å². The number of likely N-dealkylation sites (N-methyl/N-ethyl adjacent to an activating group) is 1. The minimum Gasteiger partial charge on any atom is -0.343 e. The van der Waals surface area contributed by atoms with Crippen LogP contribution in [0.3, 0.4) is 0 Å². The summed E-state index contributed by atoms with van der Waals surface area (Å²) in [5, 5.41) is 8.12. The van der Waals surface area contributed by atoms with Crippen LogP contribution in [0.2, 0.25) is 0 Å². The zero-order chi connectivity index (χ0) is 21.9. The lowest BCUT2D eigenvalue weighted by molar-refractivity contribution is 0.0901. The number of para-hydroxylation sites is 1. The number of piperazine rings is 1. The van der Waals surface area contributed by atoms with E-state index in [-0.39, 0.29) is 11.9 Å². The second-order valence-corrected chi connectivity index (χ2v) is 8.92. The maximum atomic E-state index is 13.5. The van der Waals surface area contributed by atoms with Gasteiger partial charge >= 0.3 is 0 Å². The van der Waals surface area contributed by atoms with Crippen LogP contribution in [0.5, 0.6) is 0 Å². The van der Waals surface area contributed by atoms with Gasteiger partial charge in [-0.25, -0.2) is 4.68 Å². The van der Waals surface area contributed by atoms with E-state index < -0.39 is 0 Å². The van der Waals surface area contributed by atoms with E-state index in [1.54, 1.807) is 0 Å². The Labute approximate surface area is 189 Å². The van der Waals surface area contributed by atoms with Crippen molar-refractivity contribution in [1.82, 2.24) is 24.9 Å². The summed E-state index contributed by atoms with van der Waals surface area (Å²) < 4.78 is 1.97. The van der Waals surface area contributed by atoms with Crippen molar-refractivity contribution in [2.24, 2.45) is 0 Å². The first-order valence-electron chi connectivity index (χ1n) is 11.6. The number of carbonyl (C=O) groups excluding carboxylic acids is 1. The molecule has 1 atom stereocenters. The molecule has 1 aliphatic carbocycles. The van der Waals surface area contributed by atoms with Crippen LogP contribution in [0.25, 0.3) is 5.69 Å². The maximum absolute atomic E-state index is 13.5. The highest BCUT2D eigenvalue weighted by Crippen LogP contribution is 2.28. The van der Waals surface area contributed by atoms with Crippen molar-refractivity contribution in [3.8, 4) is 5.69 Å². The average molecular weight is 430 g/mol. The zero-order valence-corrected chi connectivity index (χ0v) is 18.7. The molecule has 1 amide bonds. The number of benzene rings is 2. The van der Waals surface area contributed by atoms with Gasteiger partial charge in [0, 0.05) is 44.0 Å². The molecule has 0 saturated carbocycles. The van der Waals surface area contributed by atoms with Gasteiger partial charge in [-0.3, -0.25) is 9.69 Å². The Morgan fingerprint density at radius 1 is 0.969 bits per heavy atom. The van der Waals surface area contributed by atoms with Gasteiger partial charge in [-0.05, 0) is 44.0 Å². The third kappa shape index (κ3) is 4.33. The van der Waals surface area contributed by atoms with E-state index in [4.69, 9.17) is 5.10 Å². The number of fused-ring (bicyclic) bond motifs is 1. The fourth-order valence-electron chi connectivity index (χ4n) is 4.84. The van der Waals surface area contributed by atoms with E-state index in [0.29, 0.717) is 5.69 Å². The predicted octanol–water partition coefficient (Wildman–Crippen LogP) is 3.08. The van der Waals surface area contributed by atoms with Gasteiger partial charge in [0.25, 0.3) is 5.91 Å². The number of amides is 1. The molecular formula is C26H31N5O. The largest absolute Gasteiger partial charge is 0.343 e. The quantitative estimate of drug-likeness (QED) is 0.654. The normalized spacial score (nSPS) is 17.8. The third-order valence-electron chi connectivity index (χ3n) is 6.69. The molecule has 2 heterocycles. The molecular weight excluding hydrogens is 398 g/mol. The van der Waals surface area contributed by atoms with Gasteiger partial charge in [0.15, 0.2) is 5.69 Å². The van der Waals surface area contributed by atoms with E-state index in [2.05, 4.69) is 34.3 Å². The minimum atomic E-state index is -0.0687. The molecule has 0 radical (unpaired) electrons. The molecule has 32 heavy (non-hydrogen) atoms. The maximum Gasteiger partial charge on any atom is 0.272 e. The smallest absolute Gasteiger partial charge is 0.272 e. The minimum absolute atomic E-state index is 0.0639. The van der Waals surface area contributed by atoms with Crippen LogP contribution in [-0.2, 0) is 12.8 Å². The molecule has 6 nitrogen and oxygen atoms in total. The Morgan fingerprint density at radius 3 is 2.38 bits per heavy atom. The molecule has 0 spiro atoms. The van der Waals surface area contributed by atoms with E-state index in [1.165, 1.54) is 5.69 Å². The highest BCUT2D eigenvalue weighted by Gasteiger charge is 2.29.